The fourth-order valence-electron chi connectivity index (χ4n) is 6.87. The topological polar surface area (TPSA) is 95.0 Å². The predicted molar refractivity (Wildman–Crippen MR) is 142 cm³/mol. The van der Waals surface area contributed by atoms with Crippen molar-refractivity contribution in [1.82, 2.24) is 4.90 Å². The van der Waals surface area contributed by atoms with Gasteiger partial charge in [-0.15, -0.1) is 23.2 Å². The fourth-order valence-corrected chi connectivity index (χ4v) is 8.08. The summed E-state index contributed by atoms with van der Waals surface area (Å²) in [5.41, 5.74) is 1.03. The second-order valence-electron chi connectivity index (χ2n) is 10.4. The third-order valence-corrected chi connectivity index (χ3v) is 10.3. The number of imide groups is 2. The number of likely N-dealkylation sites (tertiary alicyclic amines) is 1. The zero-order valence-electron chi connectivity index (χ0n) is 20.5. The second-order valence-corrected chi connectivity index (χ2v) is 12.0. The number of fused-ring (bicyclic) bond motifs is 4. The molecule has 6 rings (SSSR count). The first-order chi connectivity index (χ1) is 18.5. The third-order valence-electron chi connectivity index (χ3n) is 8.60. The van der Waals surface area contributed by atoms with Crippen molar-refractivity contribution in [2.45, 2.75) is 35.4 Å². The van der Waals surface area contributed by atoms with E-state index in [4.69, 9.17) is 34.8 Å². The maximum atomic E-state index is 14.2. The maximum Gasteiger partial charge on any atom is 0.258 e. The van der Waals surface area contributed by atoms with E-state index in [-0.39, 0.29) is 47.7 Å². The summed E-state index contributed by atoms with van der Waals surface area (Å²) in [4.78, 5) is 52.7. The van der Waals surface area contributed by atoms with Gasteiger partial charge in [0.2, 0.25) is 11.8 Å². The molecule has 0 radical (unpaired) electrons. The van der Waals surface area contributed by atoms with Crippen LogP contribution >= 0.6 is 34.8 Å². The van der Waals surface area contributed by atoms with Gasteiger partial charge in [0.05, 0.1) is 17.5 Å². The highest BCUT2D eigenvalue weighted by Gasteiger charge is 2.76. The van der Waals surface area contributed by atoms with Gasteiger partial charge >= 0.3 is 0 Å². The number of nitrogens with zero attached hydrogens (tertiary/aromatic N) is 2. The van der Waals surface area contributed by atoms with Crippen LogP contribution in [0, 0.1) is 23.6 Å². The Morgan fingerprint density at radius 3 is 2.33 bits per heavy atom. The van der Waals surface area contributed by atoms with Crippen LogP contribution in [0.3, 0.4) is 0 Å². The fraction of sp³-hybridized carbons (Fsp3) is 0.357. The van der Waals surface area contributed by atoms with Crippen molar-refractivity contribution >= 4 is 64.1 Å². The molecule has 6 atom stereocenters. The lowest BCUT2D eigenvalue weighted by Gasteiger charge is -2.50. The van der Waals surface area contributed by atoms with Gasteiger partial charge < -0.3 is 5.11 Å². The lowest BCUT2D eigenvalue weighted by Crippen LogP contribution is -2.60. The van der Waals surface area contributed by atoms with Gasteiger partial charge in [-0.2, -0.15) is 0 Å². The number of alkyl halides is 2. The molecule has 0 aromatic heterocycles. The molecule has 1 N–H and O–H groups in total. The molecule has 7 nitrogen and oxygen atoms in total. The summed E-state index contributed by atoms with van der Waals surface area (Å²) in [6.45, 7) is 1.93. The summed E-state index contributed by atoms with van der Waals surface area (Å²) >= 11 is 21.1. The molecule has 2 saturated heterocycles. The smallest absolute Gasteiger partial charge is 0.258 e. The van der Waals surface area contributed by atoms with E-state index in [1.165, 1.54) is 35.2 Å². The van der Waals surface area contributed by atoms with Gasteiger partial charge in [0, 0.05) is 17.5 Å². The van der Waals surface area contributed by atoms with Crippen molar-refractivity contribution in [3.8, 4) is 5.75 Å². The van der Waals surface area contributed by atoms with E-state index in [1.54, 1.807) is 6.92 Å². The summed E-state index contributed by atoms with van der Waals surface area (Å²) in [7, 11) is 0. The Labute approximate surface area is 238 Å². The summed E-state index contributed by atoms with van der Waals surface area (Å²) in [5, 5.41) is 10.1. The Kier molecular flexibility index (Phi) is 5.92. The predicted octanol–water partition coefficient (Wildman–Crippen LogP) is 4.77. The number of halogens is 4. The number of anilines is 1. The maximum absolute atomic E-state index is 14.2. The van der Waals surface area contributed by atoms with Crippen LogP contribution in [0.5, 0.6) is 5.75 Å². The largest absolute Gasteiger partial charge is 0.508 e. The lowest BCUT2D eigenvalue weighted by molar-refractivity contribution is -0.140. The Balaban J connectivity index is 1.58. The van der Waals surface area contributed by atoms with Gasteiger partial charge in [-0.3, -0.25) is 24.1 Å². The lowest BCUT2D eigenvalue weighted by atomic mass is 9.56. The van der Waals surface area contributed by atoms with Crippen LogP contribution in [0.15, 0.2) is 54.1 Å². The first-order valence-corrected chi connectivity index (χ1v) is 13.6. The molecule has 2 heterocycles. The van der Waals surface area contributed by atoms with Crippen molar-refractivity contribution in [3.05, 3.63) is 70.5 Å². The van der Waals surface area contributed by atoms with E-state index in [0.29, 0.717) is 11.1 Å². The highest BCUT2D eigenvalue weighted by Crippen LogP contribution is 2.66. The second kappa shape index (κ2) is 8.78. The minimum absolute atomic E-state index is 0.0900. The van der Waals surface area contributed by atoms with Crippen LogP contribution in [-0.2, 0) is 19.2 Å². The van der Waals surface area contributed by atoms with E-state index in [0.717, 1.165) is 17.0 Å². The third kappa shape index (κ3) is 3.34. The number of allylic oxidation sites excluding steroid dienone is 2. The first-order valence-electron chi connectivity index (χ1n) is 12.5. The summed E-state index contributed by atoms with van der Waals surface area (Å²) in [5.74, 6) is -6.07. The van der Waals surface area contributed by atoms with Crippen molar-refractivity contribution in [3.63, 3.8) is 0 Å². The van der Waals surface area contributed by atoms with E-state index in [2.05, 4.69) is 0 Å². The van der Waals surface area contributed by atoms with Gasteiger partial charge in [0.1, 0.15) is 11.6 Å². The number of carbonyl (C=O) groups is 4. The Hall–Kier alpha value is -2.94. The van der Waals surface area contributed by atoms with Gasteiger partial charge in [-0.25, -0.2) is 9.29 Å². The molecule has 1 saturated carbocycles. The van der Waals surface area contributed by atoms with Crippen LogP contribution in [0.2, 0.25) is 5.02 Å². The summed E-state index contributed by atoms with van der Waals surface area (Å²) < 4.78 is 13.7. The van der Waals surface area contributed by atoms with E-state index in [1.807, 2.05) is 6.08 Å². The van der Waals surface area contributed by atoms with Crippen molar-refractivity contribution in [1.29, 1.82) is 0 Å². The molecule has 2 aromatic rings. The molecule has 11 heteroatoms. The number of phenolic OH excluding ortho intramolecular Hbond substituents is 1. The number of rotatable bonds is 3. The van der Waals surface area contributed by atoms with Crippen molar-refractivity contribution in [2.24, 2.45) is 17.8 Å². The van der Waals surface area contributed by atoms with E-state index in [9.17, 15) is 28.7 Å². The molecule has 0 unspecified atom stereocenters. The standard InChI is InChI=1S/C28H22Cl3FN2O5/c1-2-33-23(36)18-10-9-16-19(21(18)24(33)37)12-27(30)25(38)34(14-5-3-13(32)4-6-14)26(39)28(27,31)22(16)17-8-7-15(35)11-20(17)29/h3-9,11,18-19,21-22,35H,2,10,12H2,1H3/t18-,19+,21-,22+,27+,28-/m0/s1. The van der Waals surface area contributed by atoms with E-state index < -0.39 is 51.1 Å². The van der Waals surface area contributed by atoms with Gasteiger partial charge in [-0.1, -0.05) is 29.3 Å². The number of benzene rings is 2. The van der Waals surface area contributed by atoms with Crippen LogP contribution in [0.1, 0.15) is 31.2 Å². The molecule has 0 bridgehead atoms. The van der Waals surface area contributed by atoms with Crippen molar-refractivity contribution < 1.29 is 28.7 Å². The number of carbonyl (C=O) groups excluding carboxylic acids is 4. The summed E-state index contributed by atoms with van der Waals surface area (Å²) in [6, 6.07) is 8.99. The number of amides is 4. The molecule has 39 heavy (non-hydrogen) atoms. The monoisotopic (exact) mass is 590 g/mol. The molecule has 3 fully saturated rings. The van der Waals surface area contributed by atoms with Crippen LogP contribution in [-0.4, -0.2) is 49.9 Å². The number of phenols is 1. The highest BCUT2D eigenvalue weighted by atomic mass is 35.5. The Morgan fingerprint density at radius 1 is 1.00 bits per heavy atom. The molecule has 202 valence electrons. The van der Waals surface area contributed by atoms with Gasteiger partial charge in [-0.05, 0) is 67.6 Å². The zero-order valence-corrected chi connectivity index (χ0v) is 22.8. The van der Waals surface area contributed by atoms with Gasteiger partial charge in [0.15, 0.2) is 9.75 Å². The normalized spacial score (nSPS) is 33.7. The molecule has 4 aliphatic rings. The highest BCUT2D eigenvalue weighted by molar-refractivity contribution is 6.58. The SMILES string of the molecule is CCN1C(=O)[C@H]2[C@H](CC=C3[C@H]2C[C@@]2(Cl)C(=O)N(c4ccc(F)cc4)C(=O)[C@@]2(Cl)[C@H]3c2ccc(O)cc2Cl)C1=O. The average molecular weight is 592 g/mol. The quantitative estimate of drug-likeness (QED) is 0.315. The minimum atomic E-state index is -2.08. The average Bonchev–Trinajstić information content (AvgIpc) is 3.23. The number of hydrogen-bond acceptors (Lipinski definition) is 5. The number of hydrogen-bond donors (Lipinski definition) is 1. The molecular weight excluding hydrogens is 570 g/mol. The first kappa shape index (κ1) is 26.3. The van der Waals surface area contributed by atoms with Crippen molar-refractivity contribution in [2.75, 3.05) is 11.4 Å². The molecule has 2 aliphatic carbocycles. The molecule has 2 aromatic carbocycles. The Bertz CT molecular complexity index is 1500. The van der Waals surface area contributed by atoms with Crippen LogP contribution in [0.4, 0.5) is 10.1 Å². The summed E-state index contributed by atoms with van der Waals surface area (Å²) in [6.07, 6.45) is 1.88. The molecule has 4 amide bonds. The van der Waals surface area contributed by atoms with E-state index >= 15 is 0 Å². The molecular formula is C28H22Cl3FN2O5. The van der Waals surface area contributed by atoms with Gasteiger partial charge in [0.25, 0.3) is 11.8 Å². The Morgan fingerprint density at radius 2 is 1.69 bits per heavy atom. The molecule has 2 aliphatic heterocycles. The van der Waals surface area contributed by atoms with Crippen LogP contribution in [0.25, 0.3) is 0 Å². The molecule has 0 spiro atoms. The minimum Gasteiger partial charge on any atom is -0.508 e. The number of aromatic hydroxyl groups is 1. The zero-order chi connectivity index (χ0) is 28.0. The van der Waals surface area contributed by atoms with Crippen LogP contribution < -0.4 is 4.90 Å².